The lowest BCUT2D eigenvalue weighted by atomic mass is 10.0. The number of amides is 1. The second-order valence-electron chi connectivity index (χ2n) is 9.80. The monoisotopic (exact) mass is 523 g/mol. The number of H-pyrrole nitrogens is 1. The third-order valence-electron chi connectivity index (χ3n) is 7.37. The summed E-state index contributed by atoms with van der Waals surface area (Å²) in [6, 6.07) is 21.0. The largest absolute Gasteiger partial charge is 0.459 e. The number of fused-ring (bicyclic) bond motifs is 1. The molecule has 10 nitrogen and oxygen atoms in total. The highest BCUT2D eigenvalue weighted by atomic mass is 16.3. The second-order valence-corrected chi connectivity index (χ2v) is 9.80. The third kappa shape index (κ3) is 4.98. The maximum Gasteiger partial charge on any atom is 0.289 e. The zero-order valence-electron chi connectivity index (χ0n) is 21.7. The number of nitrogens with one attached hydrogen (secondary N) is 1. The predicted molar refractivity (Wildman–Crippen MR) is 145 cm³/mol. The number of para-hydroxylation sites is 1. The SMILES string of the molecule is Cc1cccc2cc([C@H](c3nnnn3CCc3ccccc3)N3CCN(C(=O)c4ccco4)CC3)c(=O)[nH]c12. The number of furan rings is 1. The molecule has 0 radical (unpaired) electrons. The van der Waals surface area contributed by atoms with Crippen molar-refractivity contribution in [3.63, 3.8) is 0 Å². The fourth-order valence-corrected chi connectivity index (χ4v) is 5.29. The summed E-state index contributed by atoms with van der Waals surface area (Å²) in [5, 5.41) is 13.7. The summed E-state index contributed by atoms with van der Waals surface area (Å²) in [5.74, 6) is 0.795. The first-order chi connectivity index (χ1) is 19.1. The lowest BCUT2D eigenvalue weighted by molar-refractivity contribution is 0.0558. The normalized spacial score (nSPS) is 15.1. The number of nitrogens with zero attached hydrogens (tertiary/aromatic N) is 6. The van der Waals surface area contributed by atoms with Gasteiger partial charge in [0.15, 0.2) is 11.6 Å². The Bertz CT molecular complexity index is 1630. The van der Waals surface area contributed by atoms with Gasteiger partial charge in [-0.25, -0.2) is 4.68 Å². The summed E-state index contributed by atoms with van der Waals surface area (Å²) in [6.45, 7) is 4.64. The number of aryl methyl sites for hydroxylation is 3. The number of carbonyl (C=O) groups is 1. The van der Waals surface area contributed by atoms with Gasteiger partial charge in [-0.15, -0.1) is 5.10 Å². The van der Waals surface area contributed by atoms with Crippen LogP contribution in [0.5, 0.6) is 0 Å². The van der Waals surface area contributed by atoms with Crippen LogP contribution in [0, 0.1) is 6.92 Å². The van der Waals surface area contributed by atoms with E-state index < -0.39 is 6.04 Å². The molecule has 0 bridgehead atoms. The predicted octanol–water partition coefficient (Wildman–Crippen LogP) is 3.21. The van der Waals surface area contributed by atoms with Crippen LogP contribution in [0.4, 0.5) is 0 Å². The van der Waals surface area contributed by atoms with Crippen LogP contribution in [-0.2, 0) is 13.0 Å². The molecule has 0 spiro atoms. The third-order valence-corrected chi connectivity index (χ3v) is 7.37. The smallest absolute Gasteiger partial charge is 0.289 e. The summed E-state index contributed by atoms with van der Waals surface area (Å²) in [6.07, 6.45) is 2.26. The molecule has 3 aromatic heterocycles. The minimum absolute atomic E-state index is 0.136. The molecule has 198 valence electrons. The van der Waals surface area contributed by atoms with Gasteiger partial charge < -0.3 is 14.3 Å². The lowest BCUT2D eigenvalue weighted by Gasteiger charge is -2.38. The van der Waals surface area contributed by atoms with Gasteiger partial charge in [0.2, 0.25) is 0 Å². The van der Waals surface area contributed by atoms with E-state index in [0.29, 0.717) is 49.9 Å². The summed E-state index contributed by atoms with van der Waals surface area (Å²) in [4.78, 5) is 33.5. The van der Waals surface area contributed by atoms with E-state index in [1.54, 1.807) is 21.7 Å². The number of aromatic amines is 1. The van der Waals surface area contributed by atoms with Crippen LogP contribution in [0.3, 0.4) is 0 Å². The Kier molecular flexibility index (Phi) is 6.76. The van der Waals surface area contributed by atoms with Crippen LogP contribution in [0.25, 0.3) is 10.9 Å². The molecule has 5 aromatic rings. The topological polar surface area (TPSA) is 113 Å². The summed E-state index contributed by atoms with van der Waals surface area (Å²) in [7, 11) is 0. The standard InChI is InChI=1S/C29H29N7O3/c1-20-7-5-10-22-19-23(28(37)30-25(20)22)26(27-31-32-33-36(27)13-12-21-8-3-2-4-9-21)34-14-16-35(17-15-34)29(38)24-11-6-18-39-24/h2-11,18-19,26H,12-17H2,1H3,(H,30,37)/t26-/m1/s1. The van der Waals surface area contributed by atoms with Gasteiger partial charge in [-0.2, -0.15) is 0 Å². The number of hydrogen-bond acceptors (Lipinski definition) is 7. The molecule has 1 aliphatic rings. The summed E-state index contributed by atoms with van der Waals surface area (Å²) < 4.78 is 7.11. The van der Waals surface area contributed by atoms with Crippen LogP contribution in [0.15, 0.2) is 82.2 Å². The molecular weight excluding hydrogens is 494 g/mol. The number of aromatic nitrogens is 5. The molecule has 6 rings (SSSR count). The van der Waals surface area contributed by atoms with Crippen LogP contribution >= 0.6 is 0 Å². The summed E-state index contributed by atoms with van der Waals surface area (Å²) in [5.41, 5.74) is 3.41. The Hall–Kier alpha value is -4.57. The van der Waals surface area contributed by atoms with Crippen LogP contribution in [0.1, 0.15) is 39.1 Å². The average molecular weight is 524 g/mol. The highest BCUT2D eigenvalue weighted by molar-refractivity contribution is 5.91. The minimum Gasteiger partial charge on any atom is -0.459 e. The Morgan fingerprint density at radius 2 is 1.85 bits per heavy atom. The van der Waals surface area contributed by atoms with Crippen molar-refractivity contribution >= 4 is 16.8 Å². The number of rotatable bonds is 7. The quantitative estimate of drug-likeness (QED) is 0.349. The van der Waals surface area contributed by atoms with Crippen molar-refractivity contribution in [2.24, 2.45) is 0 Å². The van der Waals surface area contributed by atoms with E-state index in [-0.39, 0.29) is 11.5 Å². The van der Waals surface area contributed by atoms with Gasteiger partial charge in [0, 0.05) is 38.3 Å². The van der Waals surface area contributed by atoms with Gasteiger partial charge in [0.05, 0.1) is 11.8 Å². The van der Waals surface area contributed by atoms with Gasteiger partial charge in [0.1, 0.15) is 6.04 Å². The van der Waals surface area contributed by atoms with Crippen molar-refractivity contribution < 1.29 is 9.21 Å². The van der Waals surface area contributed by atoms with Crippen molar-refractivity contribution in [3.05, 3.63) is 112 Å². The van der Waals surface area contributed by atoms with Gasteiger partial charge in [-0.3, -0.25) is 14.5 Å². The van der Waals surface area contributed by atoms with E-state index in [1.165, 1.54) is 11.8 Å². The lowest BCUT2D eigenvalue weighted by Crippen LogP contribution is -2.50. The Labute approximate surface area is 224 Å². The van der Waals surface area contributed by atoms with Gasteiger partial charge in [0.25, 0.3) is 11.5 Å². The van der Waals surface area contributed by atoms with Gasteiger partial charge in [-0.1, -0.05) is 48.5 Å². The van der Waals surface area contributed by atoms with Crippen molar-refractivity contribution in [1.29, 1.82) is 0 Å². The highest BCUT2D eigenvalue weighted by Gasteiger charge is 2.34. The number of hydrogen-bond donors (Lipinski definition) is 1. The zero-order chi connectivity index (χ0) is 26.8. The van der Waals surface area contributed by atoms with Crippen molar-refractivity contribution in [1.82, 2.24) is 35.0 Å². The maximum atomic E-state index is 13.5. The van der Waals surface area contributed by atoms with Gasteiger partial charge in [-0.05, 0) is 58.5 Å². The molecule has 0 unspecified atom stereocenters. The number of carbonyl (C=O) groups excluding carboxylic acids is 1. The van der Waals surface area contributed by atoms with Crippen molar-refractivity contribution in [2.75, 3.05) is 26.2 Å². The molecule has 1 N–H and O–H groups in total. The summed E-state index contributed by atoms with van der Waals surface area (Å²) >= 11 is 0. The fraction of sp³-hybridized carbons (Fsp3) is 0.276. The first-order valence-corrected chi connectivity index (χ1v) is 13.1. The Morgan fingerprint density at radius 1 is 1.03 bits per heavy atom. The minimum atomic E-state index is -0.481. The van der Waals surface area contributed by atoms with Gasteiger partial charge >= 0.3 is 0 Å². The number of pyridine rings is 1. The molecule has 1 atom stereocenters. The molecule has 0 aliphatic carbocycles. The van der Waals surface area contributed by atoms with Crippen molar-refractivity contribution in [2.45, 2.75) is 25.9 Å². The van der Waals surface area contributed by atoms with E-state index in [1.807, 2.05) is 49.4 Å². The molecule has 39 heavy (non-hydrogen) atoms. The van der Waals surface area contributed by atoms with Crippen LogP contribution in [-0.4, -0.2) is 67.1 Å². The zero-order valence-corrected chi connectivity index (χ0v) is 21.7. The number of tetrazole rings is 1. The fourth-order valence-electron chi connectivity index (χ4n) is 5.29. The van der Waals surface area contributed by atoms with E-state index >= 15 is 0 Å². The average Bonchev–Trinajstić information content (AvgIpc) is 3.67. The molecule has 0 saturated carbocycles. The van der Waals surface area contributed by atoms with Crippen LogP contribution < -0.4 is 5.56 Å². The second kappa shape index (κ2) is 10.7. The molecule has 4 heterocycles. The molecular formula is C29H29N7O3. The molecule has 1 fully saturated rings. The Morgan fingerprint density at radius 3 is 2.62 bits per heavy atom. The number of piperazine rings is 1. The molecule has 1 saturated heterocycles. The molecule has 10 heteroatoms. The molecule has 1 aliphatic heterocycles. The van der Waals surface area contributed by atoms with Crippen LogP contribution in [0.2, 0.25) is 0 Å². The maximum absolute atomic E-state index is 13.5. The van der Waals surface area contributed by atoms with E-state index in [9.17, 15) is 9.59 Å². The highest BCUT2D eigenvalue weighted by Crippen LogP contribution is 2.28. The first-order valence-electron chi connectivity index (χ1n) is 13.1. The van der Waals surface area contributed by atoms with Crippen molar-refractivity contribution in [3.8, 4) is 0 Å². The van der Waals surface area contributed by atoms with E-state index in [2.05, 4.69) is 37.5 Å². The first kappa shape index (κ1) is 24.7. The molecule has 1 amide bonds. The Balaban J connectivity index is 1.34. The molecule has 2 aromatic carbocycles. The number of benzene rings is 2. The van der Waals surface area contributed by atoms with E-state index in [0.717, 1.165) is 22.9 Å². The van der Waals surface area contributed by atoms with E-state index in [4.69, 9.17) is 4.42 Å².